The van der Waals surface area contributed by atoms with E-state index < -0.39 is 0 Å². The van der Waals surface area contributed by atoms with Crippen LogP contribution in [0.15, 0.2) is 18.5 Å². The SMILES string of the molecule is CCC(c1nc(CCSC)nn1C(C)(C)C)n1cccn1. The van der Waals surface area contributed by atoms with Crippen molar-refractivity contribution < 1.29 is 0 Å². The molecule has 2 aromatic rings. The van der Waals surface area contributed by atoms with E-state index in [1.165, 1.54) is 0 Å². The largest absolute Gasteiger partial charge is 0.262 e. The van der Waals surface area contributed by atoms with Gasteiger partial charge in [0.15, 0.2) is 11.6 Å². The van der Waals surface area contributed by atoms with Crippen LogP contribution in [0.2, 0.25) is 0 Å². The summed E-state index contributed by atoms with van der Waals surface area (Å²) in [5.41, 5.74) is -0.0828. The van der Waals surface area contributed by atoms with Crippen LogP contribution in [-0.4, -0.2) is 36.6 Å². The van der Waals surface area contributed by atoms with Crippen molar-refractivity contribution in [3.8, 4) is 0 Å². The monoisotopic (exact) mass is 307 g/mol. The van der Waals surface area contributed by atoms with Gasteiger partial charge in [0, 0.05) is 24.6 Å². The highest BCUT2D eigenvalue weighted by molar-refractivity contribution is 7.98. The summed E-state index contributed by atoms with van der Waals surface area (Å²) in [6.45, 7) is 8.66. The average molecular weight is 307 g/mol. The summed E-state index contributed by atoms with van der Waals surface area (Å²) in [7, 11) is 0. The van der Waals surface area contributed by atoms with Gasteiger partial charge in [-0.3, -0.25) is 4.68 Å². The van der Waals surface area contributed by atoms with Crippen LogP contribution in [0.1, 0.15) is 51.8 Å². The lowest BCUT2D eigenvalue weighted by Crippen LogP contribution is -2.28. The molecule has 0 saturated heterocycles. The molecule has 1 atom stereocenters. The Hall–Kier alpha value is -1.30. The van der Waals surface area contributed by atoms with E-state index in [4.69, 9.17) is 10.1 Å². The molecular formula is C15H25N5S. The minimum absolute atomic E-state index is 0.0828. The van der Waals surface area contributed by atoms with Crippen molar-refractivity contribution in [2.75, 3.05) is 12.0 Å². The predicted octanol–water partition coefficient (Wildman–Crippen LogP) is 3.13. The van der Waals surface area contributed by atoms with Crippen LogP contribution in [0, 0.1) is 0 Å². The van der Waals surface area contributed by atoms with Gasteiger partial charge in [-0.15, -0.1) is 0 Å². The third-order valence-electron chi connectivity index (χ3n) is 3.37. The van der Waals surface area contributed by atoms with E-state index in [2.05, 4.69) is 43.7 Å². The molecule has 2 rings (SSSR count). The third-order valence-corrected chi connectivity index (χ3v) is 3.98. The van der Waals surface area contributed by atoms with Crippen molar-refractivity contribution in [3.05, 3.63) is 30.1 Å². The number of aryl methyl sites for hydroxylation is 1. The normalized spacial score (nSPS) is 13.6. The number of rotatable bonds is 6. The number of aromatic nitrogens is 5. The smallest absolute Gasteiger partial charge is 0.152 e. The van der Waals surface area contributed by atoms with Gasteiger partial charge in [0.25, 0.3) is 0 Å². The lowest BCUT2D eigenvalue weighted by Gasteiger charge is -2.24. The van der Waals surface area contributed by atoms with Gasteiger partial charge in [-0.2, -0.15) is 22.0 Å². The van der Waals surface area contributed by atoms with Crippen molar-refractivity contribution in [3.63, 3.8) is 0 Å². The van der Waals surface area contributed by atoms with Gasteiger partial charge in [-0.05, 0) is 39.5 Å². The second kappa shape index (κ2) is 6.64. The molecule has 0 aliphatic heterocycles. The molecule has 0 N–H and O–H groups in total. The van der Waals surface area contributed by atoms with E-state index >= 15 is 0 Å². The fourth-order valence-corrected chi connectivity index (χ4v) is 2.72. The first kappa shape index (κ1) is 16.1. The highest BCUT2D eigenvalue weighted by Gasteiger charge is 2.26. The van der Waals surface area contributed by atoms with Crippen LogP contribution in [-0.2, 0) is 12.0 Å². The first-order chi connectivity index (χ1) is 9.97. The highest BCUT2D eigenvalue weighted by Crippen LogP contribution is 2.25. The zero-order valence-electron chi connectivity index (χ0n) is 13.6. The molecule has 0 aliphatic rings. The molecule has 0 radical (unpaired) electrons. The Morgan fingerprint density at radius 2 is 2.10 bits per heavy atom. The van der Waals surface area contributed by atoms with Crippen molar-refractivity contribution >= 4 is 11.8 Å². The number of thioether (sulfide) groups is 1. The maximum absolute atomic E-state index is 4.82. The molecule has 1 unspecified atom stereocenters. The minimum atomic E-state index is -0.0828. The highest BCUT2D eigenvalue weighted by atomic mass is 32.2. The second-order valence-electron chi connectivity index (χ2n) is 6.12. The fourth-order valence-electron chi connectivity index (χ4n) is 2.33. The molecule has 116 valence electrons. The molecule has 2 aromatic heterocycles. The number of hydrogen-bond acceptors (Lipinski definition) is 4. The molecule has 0 aliphatic carbocycles. The summed E-state index contributed by atoms with van der Waals surface area (Å²) in [5, 5.41) is 9.14. The fraction of sp³-hybridized carbons (Fsp3) is 0.667. The van der Waals surface area contributed by atoms with E-state index in [-0.39, 0.29) is 11.6 Å². The molecule has 5 nitrogen and oxygen atoms in total. The predicted molar refractivity (Wildman–Crippen MR) is 87.8 cm³/mol. The zero-order valence-corrected chi connectivity index (χ0v) is 14.4. The minimum Gasteiger partial charge on any atom is -0.262 e. The maximum Gasteiger partial charge on any atom is 0.152 e. The first-order valence-electron chi connectivity index (χ1n) is 7.41. The van der Waals surface area contributed by atoms with Gasteiger partial charge in [0.1, 0.15) is 6.04 Å². The Morgan fingerprint density at radius 3 is 2.62 bits per heavy atom. The molecule has 6 heteroatoms. The molecule has 0 amide bonds. The number of nitrogens with zero attached hydrogens (tertiary/aromatic N) is 5. The lowest BCUT2D eigenvalue weighted by molar-refractivity contribution is 0.318. The Labute approximate surface area is 131 Å². The Balaban J connectivity index is 2.42. The van der Waals surface area contributed by atoms with E-state index in [1.807, 2.05) is 34.9 Å². The molecule has 0 spiro atoms. The molecule has 0 saturated carbocycles. The summed E-state index contributed by atoms with van der Waals surface area (Å²) in [6.07, 6.45) is 7.78. The van der Waals surface area contributed by atoms with Crippen LogP contribution in [0.25, 0.3) is 0 Å². The van der Waals surface area contributed by atoms with E-state index in [1.54, 1.807) is 0 Å². The summed E-state index contributed by atoms with van der Waals surface area (Å²) >= 11 is 1.82. The van der Waals surface area contributed by atoms with Crippen molar-refractivity contribution in [2.45, 2.75) is 52.1 Å². The van der Waals surface area contributed by atoms with Gasteiger partial charge in [0.05, 0.1) is 5.54 Å². The summed E-state index contributed by atoms with van der Waals surface area (Å²) in [5.74, 6) is 2.98. The van der Waals surface area contributed by atoms with Crippen LogP contribution in [0.3, 0.4) is 0 Å². The molecule has 21 heavy (non-hydrogen) atoms. The van der Waals surface area contributed by atoms with E-state index in [9.17, 15) is 0 Å². The van der Waals surface area contributed by atoms with Gasteiger partial charge < -0.3 is 0 Å². The average Bonchev–Trinajstić information content (AvgIpc) is 3.06. The second-order valence-corrected chi connectivity index (χ2v) is 7.11. The van der Waals surface area contributed by atoms with Crippen LogP contribution in [0.5, 0.6) is 0 Å². The Morgan fingerprint density at radius 1 is 1.33 bits per heavy atom. The maximum atomic E-state index is 4.82. The zero-order chi connectivity index (χ0) is 15.5. The van der Waals surface area contributed by atoms with Crippen molar-refractivity contribution in [2.24, 2.45) is 0 Å². The molecular weight excluding hydrogens is 282 g/mol. The van der Waals surface area contributed by atoms with Crippen LogP contribution >= 0.6 is 11.8 Å². The van der Waals surface area contributed by atoms with Gasteiger partial charge in [0.2, 0.25) is 0 Å². The van der Waals surface area contributed by atoms with E-state index in [0.717, 1.165) is 30.2 Å². The molecule has 0 bridgehead atoms. The molecule has 2 heterocycles. The Bertz CT molecular complexity index is 553. The molecule has 0 aromatic carbocycles. The summed E-state index contributed by atoms with van der Waals surface area (Å²) < 4.78 is 4.04. The lowest BCUT2D eigenvalue weighted by atomic mass is 10.1. The summed E-state index contributed by atoms with van der Waals surface area (Å²) in [4.78, 5) is 4.82. The topological polar surface area (TPSA) is 48.5 Å². The molecule has 0 fully saturated rings. The third kappa shape index (κ3) is 3.67. The Kier molecular flexibility index (Phi) is 5.08. The van der Waals surface area contributed by atoms with Crippen LogP contribution < -0.4 is 0 Å². The standard InChI is InChI=1S/C15H25N5S/c1-6-12(19-10-7-9-16-19)14-17-13(8-11-21-5)18-20(14)15(2,3)4/h7,9-10,12H,6,8,11H2,1-5H3. The van der Waals surface area contributed by atoms with Gasteiger partial charge in [-0.25, -0.2) is 9.67 Å². The van der Waals surface area contributed by atoms with E-state index in [0.29, 0.717) is 0 Å². The van der Waals surface area contributed by atoms with Crippen molar-refractivity contribution in [1.82, 2.24) is 24.5 Å². The first-order valence-corrected chi connectivity index (χ1v) is 8.81. The summed E-state index contributed by atoms with van der Waals surface area (Å²) in [6, 6.07) is 2.09. The van der Waals surface area contributed by atoms with Crippen LogP contribution in [0.4, 0.5) is 0 Å². The van der Waals surface area contributed by atoms with Gasteiger partial charge in [-0.1, -0.05) is 6.92 Å². The van der Waals surface area contributed by atoms with Crippen molar-refractivity contribution in [1.29, 1.82) is 0 Å². The quantitative estimate of drug-likeness (QED) is 0.822. The number of hydrogen-bond donors (Lipinski definition) is 0. The van der Waals surface area contributed by atoms with Gasteiger partial charge >= 0.3 is 0 Å².